The average Bonchev–Trinajstić information content (AvgIpc) is 3.07. The van der Waals surface area contributed by atoms with Gasteiger partial charge in [0.25, 0.3) is 0 Å². The second kappa shape index (κ2) is 8.18. The normalized spacial score (nSPS) is 11.1. The molecule has 3 aromatic rings. The Morgan fingerprint density at radius 2 is 1.96 bits per heavy atom. The first-order valence-corrected chi connectivity index (χ1v) is 10.2. The number of carbonyl (C=O) groups is 1. The first-order chi connectivity index (χ1) is 12.9. The lowest BCUT2D eigenvalue weighted by Gasteiger charge is -2.05. The van der Waals surface area contributed by atoms with Crippen molar-refractivity contribution >= 4 is 32.3 Å². The maximum absolute atomic E-state index is 13.1. The quantitative estimate of drug-likeness (QED) is 0.607. The van der Waals surface area contributed by atoms with Gasteiger partial charge in [0.1, 0.15) is 11.6 Å². The summed E-state index contributed by atoms with van der Waals surface area (Å²) in [6.45, 7) is 0.140. The lowest BCUT2D eigenvalue weighted by atomic mass is 10.2. The van der Waals surface area contributed by atoms with Gasteiger partial charge in [0.2, 0.25) is 15.0 Å². The minimum atomic E-state index is -3.72. The van der Waals surface area contributed by atoms with Crippen molar-refractivity contribution in [1.82, 2.24) is 20.3 Å². The Morgan fingerprint density at radius 1 is 1.19 bits per heavy atom. The molecule has 1 aromatic carbocycles. The number of carbonyl (C=O) groups excluding carboxylic acids is 1. The van der Waals surface area contributed by atoms with E-state index in [-0.39, 0.29) is 34.1 Å². The number of anilines is 1. The van der Waals surface area contributed by atoms with Crippen molar-refractivity contribution in [1.29, 1.82) is 0 Å². The van der Waals surface area contributed by atoms with Crippen molar-refractivity contribution in [3.05, 3.63) is 65.2 Å². The minimum Gasteiger partial charge on any atom is -0.334 e. The number of benzene rings is 1. The number of nitrogens with one attached hydrogen (secondary N) is 2. The number of rotatable bonds is 6. The zero-order chi connectivity index (χ0) is 19.3. The molecule has 140 valence electrons. The van der Waals surface area contributed by atoms with Crippen molar-refractivity contribution in [2.45, 2.75) is 17.5 Å². The first-order valence-electron chi connectivity index (χ1n) is 7.66. The highest BCUT2D eigenvalue weighted by molar-refractivity contribution is 7.90. The van der Waals surface area contributed by atoms with Crippen LogP contribution in [-0.4, -0.2) is 29.4 Å². The molecule has 0 aliphatic heterocycles. The molecule has 2 amide bonds. The van der Waals surface area contributed by atoms with Gasteiger partial charge in [-0.3, -0.25) is 5.32 Å². The lowest BCUT2D eigenvalue weighted by molar-refractivity contribution is 0.251. The lowest BCUT2D eigenvalue weighted by Crippen LogP contribution is -2.28. The van der Waals surface area contributed by atoms with Crippen LogP contribution in [0.5, 0.6) is 0 Å². The average molecular weight is 407 g/mol. The minimum absolute atomic E-state index is 0.140. The van der Waals surface area contributed by atoms with Crippen LogP contribution in [0.15, 0.2) is 53.3 Å². The highest BCUT2D eigenvalue weighted by atomic mass is 32.2. The van der Waals surface area contributed by atoms with Gasteiger partial charge in [0.05, 0.1) is 5.69 Å². The maximum atomic E-state index is 13.1. The third-order valence-electron chi connectivity index (χ3n) is 3.27. The van der Waals surface area contributed by atoms with E-state index >= 15 is 0 Å². The van der Waals surface area contributed by atoms with Gasteiger partial charge < -0.3 is 5.32 Å². The summed E-state index contributed by atoms with van der Waals surface area (Å²) >= 11 is 1.09. The van der Waals surface area contributed by atoms with Crippen LogP contribution in [0.25, 0.3) is 0 Å². The smallest absolute Gasteiger partial charge is 0.321 e. The van der Waals surface area contributed by atoms with Crippen molar-refractivity contribution in [2.24, 2.45) is 0 Å². The van der Waals surface area contributed by atoms with Crippen molar-refractivity contribution in [3.63, 3.8) is 0 Å². The molecule has 0 spiro atoms. The van der Waals surface area contributed by atoms with E-state index in [1.165, 1.54) is 36.0 Å². The number of amides is 2. The molecule has 0 saturated carbocycles. The Morgan fingerprint density at radius 3 is 2.70 bits per heavy atom. The molecule has 0 bridgehead atoms. The Labute approximate surface area is 158 Å². The van der Waals surface area contributed by atoms with Crippen molar-refractivity contribution in [2.75, 3.05) is 5.32 Å². The summed E-state index contributed by atoms with van der Waals surface area (Å²) in [5, 5.41) is 6.57. The second-order valence-corrected chi connectivity index (χ2v) is 8.11. The van der Waals surface area contributed by atoms with Gasteiger partial charge in [-0.1, -0.05) is 12.1 Å². The van der Waals surface area contributed by atoms with Crippen LogP contribution in [0.2, 0.25) is 0 Å². The molecule has 2 N–H and O–H groups in total. The topological polar surface area (TPSA) is 114 Å². The van der Waals surface area contributed by atoms with E-state index in [0.29, 0.717) is 5.56 Å². The fourth-order valence-corrected chi connectivity index (χ4v) is 4.03. The number of hydrogen-bond donors (Lipinski definition) is 2. The molecule has 0 radical (unpaired) electrons. The predicted octanol–water partition coefficient (Wildman–Crippen LogP) is 2.37. The molecule has 11 heteroatoms. The highest BCUT2D eigenvalue weighted by Gasteiger charge is 2.20. The number of aromatic nitrogens is 3. The molecule has 0 aliphatic rings. The zero-order valence-electron chi connectivity index (χ0n) is 13.8. The van der Waals surface area contributed by atoms with Gasteiger partial charge in [-0.25, -0.2) is 32.6 Å². The summed E-state index contributed by atoms with van der Waals surface area (Å²) < 4.78 is 37.6. The maximum Gasteiger partial charge on any atom is 0.321 e. The number of sulfone groups is 1. The fraction of sp³-hybridized carbons (Fsp3) is 0.125. The molecule has 3 rings (SSSR count). The number of urea groups is 1. The Hall–Kier alpha value is -2.92. The van der Waals surface area contributed by atoms with Crippen molar-refractivity contribution in [3.8, 4) is 0 Å². The monoisotopic (exact) mass is 407 g/mol. The Kier molecular flexibility index (Phi) is 5.72. The van der Waals surface area contributed by atoms with E-state index in [1.807, 2.05) is 0 Å². The van der Waals surface area contributed by atoms with Gasteiger partial charge >= 0.3 is 6.03 Å². The van der Waals surface area contributed by atoms with E-state index < -0.39 is 15.9 Å². The van der Waals surface area contributed by atoms with Crippen molar-refractivity contribution < 1.29 is 17.6 Å². The van der Waals surface area contributed by atoms with E-state index in [2.05, 4.69) is 25.6 Å². The summed E-state index contributed by atoms with van der Waals surface area (Å²) in [7, 11) is -3.72. The van der Waals surface area contributed by atoms with Crippen LogP contribution < -0.4 is 10.6 Å². The van der Waals surface area contributed by atoms with Crippen LogP contribution in [-0.2, 0) is 22.1 Å². The summed E-state index contributed by atoms with van der Waals surface area (Å²) in [6.07, 6.45) is 2.69. The Balaban J connectivity index is 1.57. The molecule has 0 unspecified atom stereocenters. The molecule has 0 aliphatic carbocycles. The molecular weight excluding hydrogens is 393 g/mol. The van der Waals surface area contributed by atoms with Crippen LogP contribution >= 0.6 is 11.3 Å². The number of hydrogen-bond acceptors (Lipinski definition) is 7. The molecule has 0 atom stereocenters. The van der Waals surface area contributed by atoms with Gasteiger partial charge in [-0.05, 0) is 23.8 Å². The van der Waals surface area contributed by atoms with Crippen LogP contribution in [0.4, 0.5) is 14.3 Å². The number of nitrogens with zero attached hydrogens (tertiary/aromatic N) is 3. The molecular formula is C16H14FN5O3S2. The first kappa shape index (κ1) is 18.9. The number of halogens is 1. The standard InChI is InChI=1S/C16H14FN5O3S2/c17-12-4-1-3-11(7-12)8-20-14(23)22-15-21-13(9-26-15)10-27(24,25)16-18-5-2-6-19-16/h1-7,9H,8,10H2,(H2,20,21,22,23). The van der Waals surface area contributed by atoms with Crippen LogP contribution in [0.1, 0.15) is 11.3 Å². The number of thiazole rings is 1. The summed E-state index contributed by atoms with van der Waals surface area (Å²) in [6, 6.07) is 6.85. The molecule has 2 aromatic heterocycles. The second-order valence-electron chi connectivity index (χ2n) is 5.37. The van der Waals surface area contributed by atoms with E-state index in [9.17, 15) is 17.6 Å². The predicted molar refractivity (Wildman–Crippen MR) is 97.3 cm³/mol. The molecule has 8 nitrogen and oxygen atoms in total. The van der Waals surface area contributed by atoms with Gasteiger partial charge in [-0.2, -0.15) is 0 Å². The van der Waals surface area contributed by atoms with E-state index in [1.54, 1.807) is 12.1 Å². The molecule has 2 heterocycles. The fourth-order valence-electron chi connectivity index (χ4n) is 2.11. The third kappa shape index (κ3) is 5.28. The van der Waals surface area contributed by atoms with Gasteiger partial charge in [0.15, 0.2) is 5.13 Å². The van der Waals surface area contributed by atoms with Gasteiger partial charge in [-0.15, -0.1) is 11.3 Å². The largest absolute Gasteiger partial charge is 0.334 e. The van der Waals surface area contributed by atoms with Crippen LogP contribution in [0.3, 0.4) is 0 Å². The van der Waals surface area contributed by atoms with Crippen LogP contribution in [0, 0.1) is 5.82 Å². The SMILES string of the molecule is O=C(NCc1cccc(F)c1)Nc1nc(CS(=O)(=O)c2ncccn2)cs1. The molecule has 0 saturated heterocycles. The summed E-state index contributed by atoms with van der Waals surface area (Å²) in [5.41, 5.74) is 0.881. The highest BCUT2D eigenvalue weighted by Crippen LogP contribution is 2.19. The zero-order valence-corrected chi connectivity index (χ0v) is 15.4. The van der Waals surface area contributed by atoms with Gasteiger partial charge in [0, 0.05) is 24.3 Å². The Bertz CT molecular complexity index is 1040. The van der Waals surface area contributed by atoms with E-state index in [0.717, 1.165) is 11.3 Å². The summed E-state index contributed by atoms with van der Waals surface area (Å²) in [5.74, 6) is -0.761. The van der Waals surface area contributed by atoms with E-state index in [4.69, 9.17) is 0 Å². The summed E-state index contributed by atoms with van der Waals surface area (Å²) in [4.78, 5) is 23.4. The molecule has 0 fully saturated rings. The molecule has 27 heavy (non-hydrogen) atoms. The third-order valence-corrected chi connectivity index (χ3v) is 5.52.